The van der Waals surface area contributed by atoms with Gasteiger partial charge in [0.25, 0.3) is 0 Å². The van der Waals surface area contributed by atoms with Crippen LogP contribution < -0.4 is 14.5 Å². The van der Waals surface area contributed by atoms with E-state index in [-0.39, 0.29) is 42.5 Å². The number of imide groups is 1. The Bertz CT molecular complexity index is 1200. The van der Waals surface area contributed by atoms with Crippen LogP contribution >= 0.6 is 11.6 Å². The van der Waals surface area contributed by atoms with Gasteiger partial charge in [-0.1, -0.05) is 23.8 Å². The Hall–Kier alpha value is -3.45. The van der Waals surface area contributed by atoms with Gasteiger partial charge in [-0.3, -0.25) is 19.2 Å². The first-order valence-corrected chi connectivity index (χ1v) is 11.6. The third-order valence-corrected chi connectivity index (χ3v) is 6.98. The van der Waals surface area contributed by atoms with E-state index in [1.165, 1.54) is 4.90 Å². The van der Waals surface area contributed by atoms with Crippen molar-refractivity contribution >= 4 is 46.7 Å². The van der Waals surface area contributed by atoms with Crippen molar-refractivity contribution in [2.24, 2.45) is 17.8 Å². The van der Waals surface area contributed by atoms with Gasteiger partial charge < -0.3 is 9.64 Å². The fraction of sp³-hybridized carbons (Fsp3) is 0.308. The van der Waals surface area contributed by atoms with Gasteiger partial charge in [0.05, 0.1) is 23.4 Å². The summed E-state index contributed by atoms with van der Waals surface area (Å²) in [5.41, 5.74) is 1.85. The number of esters is 1. The van der Waals surface area contributed by atoms with Gasteiger partial charge in [0.2, 0.25) is 17.7 Å². The molecule has 0 radical (unpaired) electrons. The molecule has 174 valence electrons. The lowest BCUT2D eigenvalue weighted by molar-refractivity contribution is -0.139. The fourth-order valence-electron chi connectivity index (χ4n) is 4.92. The smallest absolute Gasteiger partial charge is 0.316 e. The Morgan fingerprint density at radius 3 is 2.24 bits per heavy atom. The van der Waals surface area contributed by atoms with Gasteiger partial charge in [-0.25, -0.2) is 4.90 Å². The molecule has 0 bridgehead atoms. The van der Waals surface area contributed by atoms with Crippen molar-refractivity contribution in [3.8, 4) is 5.75 Å². The third-order valence-electron chi connectivity index (χ3n) is 6.73. The number of halogens is 1. The lowest BCUT2D eigenvalue weighted by atomic mass is 9.85. The zero-order chi connectivity index (χ0) is 24.0. The fourth-order valence-corrected chi connectivity index (χ4v) is 5.04. The summed E-state index contributed by atoms with van der Waals surface area (Å²) >= 11 is 5.92. The molecular weight excluding hydrogens is 456 g/mol. The summed E-state index contributed by atoms with van der Waals surface area (Å²) in [6.45, 7) is 2.00. The highest BCUT2D eigenvalue weighted by Crippen LogP contribution is 2.39. The number of amides is 3. The van der Waals surface area contributed by atoms with Gasteiger partial charge in [-0.15, -0.1) is 0 Å². The Morgan fingerprint density at radius 2 is 1.62 bits per heavy atom. The quantitative estimate of drug-likeness (QED) is 0.286. The summed E-state index contributed by atoms with van der Waals surface area (Å²) in [6, 6.07) is 11.7. The number of nitrogens with zero attached hydrogens (tertiary/aromatic N) is 2. The lowest BCUT2D eigenvalue weighted by Crippen LogP contribution is -2.31. The van der Waals surface area contributed by atoms with Crippen molar-refractivity contribution in [1.82, 2.24) is 0 Å². The van der Waals surface area contributed by atoms with Crippen molar-refractivity contribution in [2.45, 2.75) is 26.2 Å². The van der Waals surface area contributed by atoms with Crippen molar-refractivity contribution in [2.75, 3.05) is 16.3 Å². The molecule has 0 spiro atoms. The van der Waals surface area contributed by atoms with Gasteiger partial charge in [-0.05, 0) is 67.8 Å². The predicted molar refractivity (Wildman–Crippen MR) is 127 cm³/mol. The molecule has 2 saturated heterocycles. The third kappa shape index (κ3) is 3.90. The highest BCUT2D eigenvalue weighted by atomic mass is 35.5. The van der Waals surface area contributed by atoms with Crippen LogP contribution in [-0.2, 0) is 19.2 Å². The van der Waals surface area contributed by atoms with Crippen LogP contribution in [0.15, 0.2) is 54.6 Å². The molecule has 0 aromatic heterocycles. The van der Waals surface area contributed by atoms with E-state index in [2.05, 4.69) is 0 Å². The molecule has 2 fully saturated rings. The minimum absolute atomic E-state index is 0.0616. The maximum Gasteiger partial charge on any atom is 0.316 e. The van der Waals surface area contributed by atoms with E-state index in [1.54, 1.807) is 54.3 Å². The van der Waals surface area contributed by atoms with Crippen LogP contribution in [0.2, 0.25) is 5.02 Å². The minimum atomic E-state index is -0.597. The summed E-state index contributed by atoms with van der Waals surface area (Å²) < 4.78 is 5.56. The number of carbonyl (C=O) groups excluding carboxylic acids is 4. The molecule has 0 unspecified atom stereocenters. The lowest BCUT2D eigenvalue weighted by Gasteiger charge is -2.19. The van der Waals surface area contributed by atoms with E-state index >= 15 is 0 Å². The molecule has 2 aromatic carbocycles. The first kappa shape index (κ1) is 22.3. The number of aryl methyl sites for hydroxylation is 1. The average molecular weight is 479 g/mol. The number of ether oxygens (including phenoxy) is 1. The van der Waals surface area contributed by atoms with Crippen molar-refractivity contribution in [1.29, 1.82) is 0 Å². The van der Waals surface area contributed by atoms with E-state index in [0.717, 1.165) is 0 Å². The van der Waals surface area contributed by atoms with Gasteiger partial charge in [-0.2, -0.15) is 0 Å². The van der Waals surface area contributed by atoms with Gasteiger partial charge in [0, 0.05) is 23.7 Å². The second-order valence-electron chi connectivity index (χ2n) is 8.92. The minimum Gasteiger partial charge on any atom is -0.426 e. The number of carbonyl (C=O) groups is 4. The summed E-state index contributed by atoms with van der Waals surface area (Å²) in [5.74, 6) is -1.92. The van der Waals surface area contributed by atoms with Gasteiger partial charge in [0.1, 0.15) is 5.75 Å². The molecule has 5 rings (SSSR count). The second kappa shape index (κ2) is 8.72. The Kier molecular flexibility index (Phi) is 5.73. The number of anilines is 2. The molecule has 2 heterocycles. The highest BCUT2D eigenvalue weighted by Gasteiger charge is 2.48. The molecule has 3 amide bonds. The maximum absolute atomic E-state index is 12.9. The van der Waals surface area contributed by atoms with Crippen LogP contribution in [0.4, 0.5) is 11.4 Å². The predicted octanol–water partition coefficient (Wildman–Crippen LogP) is 4.06. The van der Waals surface area contributed by atoms with Crippen LogP contribution in [0.1, 0.15) is 24.8 Å². The summed E-state index contributed by atoms with van der Waals surface area (Å²) in [5, 5.41) is 0.568. The van der Waals surface area contributed by atoms with Crippen LogP contribution in [0, 0.1) is 24.7 Å². The van der Waals surface area contributed by atoms with Crippen LogP contribution in [-0.4, -0.2) is 30.2 Å². The summed E-state index contributed by atoms with van der Waals surface area (Å²) in [4.78, 5) is 53.8. The molecular formula is C26H23ClN2O5. The Labute approximate surface area is 201 Å². The number of allylic oxidation sites excluding steroid dienone is 2. The zero-order valence-corrected chi connectivity index (χ0v) is 19.3. The molecule has 2 aromatic rings. The summed E-state index contributed by atoms with van der Waals surface area (Å²) in [6.07, 6.45) is 5.12. The number of rotatable bonds is 4. The second-order valence-corrected chi connectivity index (χ2v) is 9.36. The Balaban J connectivity index is 1.28. The maximum atomic E-state index is 12.9. The molecule has 1 aliphatic carbocycles. The highest BCUT2D eigenvalue weighted by molar-refractivity contribution is 6.30. The van der Waals surface area contributed by atoms with Crippen LogP contribution in [0.5, 0.6) is 5.75 Å². The molecule has 7 nitrogen and oxygen atoms in total. The molecule has 0 N–H and O–H groups in total. The molecule has 2 aliphatic heterocycles. The van der Waals surface area contributed by atoms with Crippen LogP contribution in [0.3, 0.4) is 0 Å². The molecule has 3 atom stereocenters. The zero-order valence-electron chi connectivity index (χ0n) is 18.6. The SMILES string of the molecule is Cc1cc(OC(=O)[C@@H]2CC(=O)N(c3ccc(Cl)cc3)C2)ccc1N1C(=O)[C@H]2CC=CC[C@H]2C1=O. The molecule has 0 saturated carbocycles. The Morgan fingerprint density at radius 1 is 0.971 bits per heavy atom. The van der Waals surface area contributed by atoms with E-state index in [9.17, 15) is 19.2 Å². The monoisotopic (exact) mass is 478 g/mol. The summed E-state index contributed by atoms with van der Waals surface area (Å²) in [7, 11) is 0. The van der Waals surface area contributed by atoms with E-state index in [1.807, 2.05) is 12.2 Å². The largest absolute Gasteiger partial charge is 0.426 e. The van der Waals surface area contributed by atoms with Gasteiger partial charge in [0.15, 0.2) is 0 Å². The van der Waals surface area contributed by atoms with E-state index in [0.29, 0.717) is 40.6 Å². The van der Waals surface area contributed by atoms with E-state index in [4.69, 9.17) is 16.3 Å². The topological polar surface area (TPSA) is 84.0 Å². The number of hydrogen-bond donors (Lipinski definition) is 0. The molecule has 34 heavy (non-hydrogen) atoms. The normalized spacial score (nSPS) is 24.1. The van der Waals surface area contributed by atoms with Crippen molar-refractivity contribution in [3.05, 3.63) is 65.2 Å². The van der Waals surface area contributed by atoms with E-state index < -0.39 is 11.9 Å². The molecule has 3 aliphatic rings. The van der Waals surface area contributed by atoms with Crippen molar-refractivity contribution in [3.63, 3.8) is 0 Å². The van der Waals surface area contributed by atoms with Crippen molar-refractivity contribution < 1.29 is 23.9 Å². The average Bonchev–Trinajstić information content (AvgIpc) is 3.33. The number of fused-ring (bicyclic) bond motifs is 1. The van der Waals surface area contributed by atoms with Gasteiger partial charge >= 0.3 is 5.97 Å². The first-order chi connectivity index (χ1) is 16.3. The standard InChI is InChI=1S/C26H23ClN2O5/c1-15-12-19(10-11-22(15)29-24(31)20-4-2-3-5-21(20)25(29)32)34-26(33)16-13-23(30)28(14-16)18-8-6-17(27)7-9-18/h2-3,6-12,16,20-21H,4-5,13-14H2,1H3/t16-,20-,21+/m1/s1. The molecule has 8 heteroatoms. The first-order valence-electron chi connectivity index (χ1n) is 11.2. The van der Waals surface area contributed by atoms with Crippen LogP contribution in [0.25, 0.3) is 0 Å². The number of benzene rings is 2. The number of hydrogen-bond acceptors (Lipinski definition) is 5.